The number of nitrogens with two attached hydrogens (primary N) is 1. The molecule has 0 unspecified atom stereocenters. The molecule has 1 aromatic rings. The predicted octanol–water partition coefficient (Wildman–Crippen LogP) is 2.99. The number of benzene rings is 1. The van der Waals surface area contributed by atoms with Crippen LogP contribution < -0.4 is 15.2 Å². The van der Waals surface area contributed by atoms with Crippen molar-refractivity contribution in [2.75, 3.05) is 19.8 Å². The molecule has 0 amide bonds. The third-order valence-corrected chi connectivity index (χ3v) is 4.76. The highest BCUT2D eigenvalue weighted by Gasteiger charge is 2.27. The first-order chi connectivity index (χ1) is 9.33. The van der Waals surface area contributed by atoms with E-state index in [1.807, 2.05) is 0 Å². The van der Waals surface area contributed by atoms with Crippen LogP contribution in [-0.4, -0.2) is 19.8 Å². The van der Waals surface area contributed by atoms with Crippen molar-refractivity contribution in [3.05, 3.63) is 21.2 Å². The Labute approximate surface area is 122 Å². The monoisotopic (exact) mass is 325 g/mol. The van der Waals surface area contributed by atoms with Gasteiger partial charge in [-0.2, -0.15) is 0 Å². The first kappa shape index (κ1) is 13.3. The minimum absolute atomic E-state index is 0.723. The van der Waals surface area contributed by atoms with Crippen LogP contribution in [0, 0.1) is 0 Å². The Balaban J connectivity index is 2.13. The highest BCUT2D eigenvalue weighted by molar-refractivity contribution is 9.10. The van der Waals surface area contributed by atoms with Crippen LogP contribution in [0.1, 0.15) is 36.0 Å². The molecule has 19 heavy (non-hydrogen) atoms. The molecular weight excluding hydrogens is 306 g/mol. The first-order valence-electron chi connectivity index (χ1n) is 7.14. The molecule has 0 bridgehead atoms. The van der Waals surface area contributed by atoms with Gasteiger partial charge in [0.25, 0.3) is 0 Å². The summed E-state index contributed by atoms with van der Waals surface area (Å²) in [4.78, 5) is 0. The van der Waals surface area contributed by atoms with Gasteiger partial charge in [-0.3, -0.25) is 0 Å². The summed E-state index contributed by atoms with van der Waals surface area (Å²) in [7, 11) is 0. The quantitative estimate of drug-likeness (QED) is 0.929. The summed E-state index contributed by atoms with van der Waals surface area (Å²) in [5.41, 5.74) is 9.65. The van der Waals surface area contributed by atoms with Crippen molar-refractivity contribution in [3.63, 3.8) is 0 Å². The molecule has 2 heterocycles. The Bertz CT molecular complexity index is 451. The number of hydrogen-bond acceptors (Lipinski definition) is 3. The summed E-state index contributed by atoms with van der Waals surface area (Å²) < 4.78 is 13.0. The minimum Gasteiger partial charge on any atom is -0.493 e. The minimum atomic E-state index is 0.723. The molecule has 3 rings (SSSR count). The largest absolute Gasteiger partial charge is 0.493 e. The summed E-state index contributed by atoms with van der Waals surface area (Å²) in [6, 6.07) is 0. The number of ether oxygens (including phenoxy) is 2. The summed E-state index contributed by atoms with van der Waals surface area (Å²) in [6.07, 6.45) is 6.34. The highest BCUT2D eigenvalue weighted by Crippen LogP contribution is 2.46. The SMILES string of the molecule is NCCCc1c2c(c(Br)c3c1OCCC3)OCCC2. The fraction of sp³-hybridized carbons (Fsp3) is 0.600. The molecule has 0 atom stereocenters. The smallest absolute Gasteiger partial charge is 0.137 e. The molecule has 1 aromatic carbocycles. The maximum Gasteiger partial charge on any atom is 0.137 e. The second-order valence-electron chi connectivity index (χ2n) is 5.20. The van der Waals surface area contributed by atoms with Crippen LogP contribution in [0.4, 0.5) is 0 Å². The van der Waals surface area contributed by atoms with E-state index < -0.39 is 0 Å². The number of halogens is 1. The standard InChI is InChI=1S/C15H20BrNO2/c16-13-12-6-3-8-18-14(12)10(4-1-7-17)11-5-2-9-19-15(11)13/h1-9,17H2. The van der Waals surface area contributed by atoms with Gasteiger partial charge in [-0.25, -0.2) is 0 Å². The zero-order valence-electron chi connectivity index (χ0n) is 11.1. The van der Waals surface area contributed by atoms with E-state index in [1.165, 1.54) is 16.7 Å². The van der Waals surface area contributed by atoms with E-state index in [9.17, 15) is 0 Å². The van der Waals surface area contributed by atoms with Crippen molar-refractivity contribution in [2.45, 2.75) is 38.5 Å². The number of rotatable bonds is 3. The van der Waals surface area contributed by atoms with Gasteiger partial charge in [-0.1, -0.05) is 0 Å². The topological polar surface area (TPSA) is 44.5 Å². The second-order valence-corrected chi connectivity index (χ2v) is 6.00. The Morgan fingerprint density at radius 2 is 1.68 bits per heavy atom. The van der Waals surface area contributed by atoms with Gasteiger partial charge in [0.15, 0.2) is 0 Å². The van der Waals surface area contributed by atoms with E-state index in [-0.39, 0.29) is 0 Å². The lowest BCUT2D eigenvalue weighted by Gasteiger charge is -2.29. The Morgan fingerprint density at radius 3 is 2.42 bits per heavy atom. The third kappa shape index (κ3) is 2.36. The third-order valence-electron chi connectivity index (χ3n) is 3.92. The molecule has 0 aromatic heterocycles. The molecule has 0 saturated heterocycles. The van der Waals surface area contributed by atoms with Gasteiger partial charge in [0.05, 0.1) is 17.7 Å². The molecule has 4 heteroatoms. The van der Waals surface area contributed by atoms with E-state index in [0.29, 0.717) is 0 Å². The molecule has 2 aliphatic heterocycles. The van der Waals surface area contributed by atoms with E-state index in [1.54, 1.807) is 0 Å². The van der Waals surface area contributed by atoms with Gasteiger partial charge in [0.1, 0.15) is 11.5 Å². The fourth-order valence-electron chi connectivity index (χ4n) is 3.03. The van der Waals surface area contributed by atoms with Crippen LogP contribution in [-0.2, 0) is 19.3 Å². The van der Waals surface area contributed by atoms with Gasteiger partial charge >= 0.3 is 0 Å². The zero-order chi connectivity index (χ0) is 13.2. The normalized spacial score (nSPS) is 17.2. The van der Waals surface area contributed by atoms with E-state index in [0.717, 1.165) is 74.3 Å². The average molecular weight is 326 g/mol. The van der Waals surface area contributed by atoms with Crippen molar-refractivity contribution in [1.82, 2.24) is 0 Å². The number of fused-ring (bicyclic) bond motifs is 2. The van der Waals surface area contributed by atoms with Crippen molar-refractivity contribution in [2.24, 2.45) is 5.73 Å². The summed E-state index contributed by atoms with van der Waals surface area (Å²) in [5, 5.41) is 0. The molecular formula is C15H20BrNO2. The van der Waals surface area contributed by atoms with Crippen LogP contribution in [0.15, 0.2) is 4.47 Å². The molecule has 0 radical (unpaired) electrons. The maximum absolute atomic E-state index is 5.97. The molecule has 0 aliphatic carbocycles. The summed E-state index contributed by atoms with van der Waals surface area (Å²) >= 11 is 3.73. The maximum atomic E-state index is 5.97. The van der Waals surface area contributed by atoms with Crippen LogP contribution in [0.3, 0.4) is 0 Å². The van der Waals surface area contributed by atoms with Crippen LogP contribution in [0.5, 0.6) is 11.5 Å². The van der Waals surface area contributed by atoms with Crippen molar-refractivity contribution in [3.8, 4) is 11.5 Å². The van der Waals surface area contributed by atoms with Gasteiger partial charge in [-0.05, 0) is 61.0 Å². The Hall–Kier alpha value is -0.740. The molecule has 2 N–H and O–H groups in total. The van der Waals surface area contributed by atoms with Gasteiger partial charge in [0, 0.05) is 16.7 Å². The molecule has 0 saturated carbocycles. The van der Waals surface area contributed by atoms with Crippen molar-refractivity contribution >= 4 is 15.9 Å². The second kappa shape index (κ2) is 5.71. The molecule has 2 aliphatic rings. The molecule has 0 spiro atoms. The fourth-order valence-corrected chi connectivity index (χ4v) is 3.76. The van der Waals surface area contributed by atoms with E-state index >= 15 is 0 Å². The lowest BCUT2D eigenvalue weighted by atomic mass is 9.91. The Morgan fingerprint density at radius 1 is 1.00 bits per heavy atom. The lowest BCUT2D eigenvalue weighted by Crippen LogP contribution is -2.18. The lowest BCUT2D eigenvalue weighted by molar-refractivity contribution is 0.267. The first-order valence-corrected chi connectivity index (χ1v) is 7.94. The van der Waals surface area contributed by atoms with Crippen LogP contribution in [0.25, 0.3) is 0 Å². The van der Waals surface area contributed by atoms with Crippen LogP contribution in [0.2, 0.25) is 0 Å². The predicted molar refractivity (Wildman–Crippen MR) is 79.1 cm³/mol. The van der Waals surface area contributed by atoms with Gasteiger partial charge in [0.2, 0.25) is 0 Å². The molecule has 104 valence electrons. The molecule has 3 nitrogen and oxygen atoms in total. The highest BCUT2D eigenvalue weighted by atomic mass is 79.9. The number of hydrogen-bond donors (Lipinski definition) is 1. The zero-order valence-corrected chi connectivity index (χ0v) is 12.7. The molecule has 0 fully saturated rings. The van der Waals surface area contributed by atoms with E-state index in [4.69, 9.17) is 15.2 Å². The summed E-state index contributed by atoms with van der Waals surface area (Å²) in [5.74, 6) is 2.17. The average Bonchev–Trinajstić information content (AvgIpc) is 2.47. The van der Waals surface area contributed by atoms with Gasteiger partial charge < -0.3 is 15.2 Å². The van der Waals surface area contributed by atoms with Crippen molar-refractivity contribution in [1.29, 1.82) is 0 Å². The Kier molecular flexibility index (Phi) is 3.99. The van der Waals surface area contributed by atoms with Crippen LogP contribution >= 0.6 is 15.9 Å². The summed E-state index contributed by atoms with van der Waals surface area (Å²) in [6.45, 7) is 2.37. The van der Waals surface area contributed by atoms with E-state index in [2.05, 4.69) is 15.9 Å². The van der Waals surface area contributed by atoms with Gasteiger partial charge in [-0.15, -0.1) is 0 Å². The van der Waals surface area contributed by atoms with Crippen molar-refractivity contribution < 1.29 is 9.47 Å².